The average molecular weight is 275 g/mol. The lowest BCUT2D eigenvalue weighted by Crippen LogP contribution is -2.31. The Morgan fingerprint density at radius 3 is 2.87 bits per heavy atom. The maximum atomic E-state index is 12.8. The van der Waals surface area contributed by atoms with Crippen molar-refractivity contribution in [3.05, 3.63) is 29.8 Å². The van der Waals surface area contributed by atoms with Gasteiger partial charge in [-0.1, -0.05) is 22.9 Å². The second kappa shape index (κ2) is 5.21. The van der Waals surface area contributed by atoms with Crippen LogP contribution in [0, 0.1) is 5.82 Å². The van der Waals surface area contributed by atoms with E-state index in [1.165, 1.54) is 17.2 Å². The Bertz CT molecular complexity index is 357. The van der Waals surface area contributed by atoms with Gasteiger partial charge >= 0.3 is 0 Å². The molecule has 0 aliphatic heterocycles. The second-order valence-electron chi connectivity index (χ2n) is 3.36. The molecule has 0 aliphatic carbocycles. The third-order valence-corrected chi connectivity index (χ3v) is 2.11. The molecule has 5 heteroatoms. The smallest absolute Gasteiger partial charge is 0.255 e. The summed E-state index contributed by atoms with van der Waals surface area (Å²) in [6.07, 6.45) is 2.44. The Hall–Kier alpha value is -0.970. The number of aromatic nitrogens is 1. The highest BCUT2D eigenvalue weighted by Gasteiger charge is 2.13. The van der Waals surface area contributed by atoms with Gasteiger partial charge < -0.3 is 4.90 Å². The molecule has 0 bridgehead atoms. The fourth-order valence-corrected chi connectivity index (χ4v) is 1.64. The van der Waals surface area contributed by atoms with Crippen molar-refractivity contribution in [1.82, 2.24) is 9.88 Å². The van der Waals surface area contributed by atoms with Gasteiger partial charge in [0.2, 0.25) is 0 Å². The summed E-state index contributed by atoms with van der Waals surface area (Å²) in [5.74, 6) is -0.727. The number of amides is 1. The van der Waals surface area contributed by atoms with Crippen LogP contribution < -0.4 is 0 Å². The molecular weight excluding hydrogens is 263 g/mol. The molecular formula is C10H12BrFN2O. The quantitative estimate of drug-likeness (QED) is 0.791. The van der Waals surface area contributed by atoms with Gasteiger partial charge in [0.15, 0.2) is 0 Å². The minimum atomic E-state index is -0.499. The summed E-state index contributed by atoms with van der Waals surface area (Å²) >= 11 is 3.35. The van der Waals surface area contributed by atoms with E-state index in [9.17, 15) is 9.18 Å². The molecule has 0 saturated heterocycles. The number of halogens is 2. The van der Waals surface area contributed by atoms with E-state index >= 15 is 0 Å². The van der Waals surface area contributed by atoms with Crippen LogP contribution in [0.15, 0.2) is 18.5 Å². The summed E-state index contributed by atoms with van der Waals surface area (Å²) in [7, 11) is 1.67. The lowest BCUT2D eigenvalue weighted by Gasteiger charge is -2.18. The minimum absolute atomic E-state index is 0.202. The number of hydrogen-bond donors (Lipinski definition) is 0. The zero-order chi connectivity index (χ0) is 11.4. The van der Waals surface area contributed by atoms with E-state index in [1.807, 2.05) is 6.92 Å². The van der Waals surface area contributed by atoms with Crippen LogP contribution in [0.2, 0.25) is 0 Å². The normalized spacial score (nSPS) is 12.3. The van der Waals surface area contributed by atoms with E-state index in [4.69, 9.17) is 0 Å². The van der Waals surface area contributed by atoms with Crippen LogP contribution in [0.4, 0.5) is 4.39 Å². The molecule has 1 atom stereocenters. The molecule has 0 aromatic carbocycles. The molecule has 0 N–H and O–H groups in total. The van der Waals surface area contributed by atoms with Crippen molar-refractivity contribution in [3.8, 4) is 0 Å². The van der Waals surface area contributed by atoms with Crippen molar-refractivity contribution in [2.75, 3.05) is 13.6 Å². The van der Waals surface area contributed by atoms with Crippen LogP contribution in [0.5, 0.6) is 0 Å². The fourth-order valence-electron chi connectivity index (χ4n) is 1.21. The molecule has 15 heavy (non-hydrogen) atoms. The van der Waals surface area contributed by atoms with Crippen LogP contribution >= 0.6 is 15.9 Å². The zero-order valence-corrected chi connectivity index (χ0v) is 10.2. The number of carbonyl (C=O) groups is 1. The van der Waals surface area contributed by atoms with Crippen molar-refractivity contribution in [1.29, 1.82) is 0 Å². The monoisotopic (exact) mass is 274 g/mol. The van der Waals surface area contributed by atoms with Gasteiger partial charge in [0.1, 0.15) is 5.82 Å². The molecule has 82 valence electrons. The first kappa shape index (κ1) is 12.1. The molecule has 0 aliphatic rings. The minimum Gasteiger partial charge on any atom is -0.341 e. The third kappa shape index (κ3) is 3.58. The van der Waals surface area contributed by atoms with Crippen molar-refractivity contribution >= 4 is 21.8 Å². The van der Waals surface area contributed by atoms with E-state index < -0.39 is 5.82 Å². The maximum absolute atomic E-state index is 12.8. The number of pyridine rings is 1. The second-order valence-corrected chi connectivity index (χ2v) is 4.92. The number of hydrogen-bond acceptors (Lipinski definition) is 2. The van der Waals surface area contributed by atoms with Gasteiger partial charge in [-0.25, -0.2) is 4.39 Å². The number of carbonyl (C=O) groups excluding carboxylic acids is 1. The molecule has 0 saturated carbocycles. The molecule has 1 heterocycles. The standard InChI is InChI=1S/C10H12BrFN2O/c1-7(11)6-14(2)10(15)8-3-9(12)5-13-4-8/h3-5,7H,6H2,1-2H3. The maximum Gasteiger partial charge on any atom is 0.255 e. The molecule has 0 radical (unpaired) electrons. The van der Waals surface area contributed by atoms with Gasteiger partial charge in [-0.2, -0.15) is 0 Å². The number of alkyl halides is 1. The summed E-state index contributed by atoms with van der Waals surface area (Å²) in [6, 6.07) is 1.19. The van der Waals surface area contributed by atoms with Crippen LogP contribution in [0.25, 0.3) is 0 Å². The lowest BCUT2D eigenvalue weighted by atomic mass is 10.2. The van der Waals surface area contributed by atoms with Gasteiger partial charge in [-0.15, -0.1) is 0 Å². The van der Waals surface area contributed by atoms with E-state index in [2.05, 4.69) is 20.9 Å². The number of rotatable bonds is 3. The van der Waals surface area contributed by atoms with Gasteiger partial charge in [0.05, 0.1) is 11.8 Å². The van der Waals surface area contributed by atoms with E-state index in [1.54, 1.807) is 7.05 Å². The first-order valence-corrected chi connectivity index (χ1v) is 5.42. The first-order valence-electron chi connectivity index (χ1n) is 4.51. The summed E-state index contributed by atoms with van der Waals surface area (Å²) in [4.78, 5) is 17.1. The van der Waals surface area contributed by atoms with E-state index in [0.717, 1.165) is 6.20 Å². The summed E-state index contributed by atoms with van der Waals surface area (Å²) in [5, 5.41) is 0. The Morgan fingerprint density at radius 2 is 2.33 bits per heavy atom. The van der Waals surface area contributed by atoms with Crippen LogP contribution in [-0.4, -0.2) is 34.2 Å². The Morgan fingerprint density at radius 1 is 1.67 bits per heavy atom. The van der Waals surface area contributed by atoms with Crippen molar-refractivity contribution < 1.29 is 9.18 Å². The van der Waals surface area contributed by atoms with Gasteiger partial charge in [-0.05, 0) is 6.07 Å². The van der Waals surface area contributed by atoms with Crippen molar-refractivity contribution in [3.63, 3.8) is 0 Å². The predicted octanol–water partition coefficient (Wildman–Crippen LogP) is 2.08. The largest absolute Gasteiger partial charge is 0.341 e. The molecule has 1 unspecified atom stereocenters. The first-order chi connectivity index (χ1) is 7.00. The molecule has 1 rings (SSSR count). The fraction of sp³-hybridized carbons (Fsp3) is 0.400. The highest BCUT2D eigenvalue weighted by atomic mass is 79.9. The topological polar surface area (TPSA) is 33.2 Å². The molecule has 1 aromatic rings. The van der Waals surface area contributed by atoms with Crippen molar-refractivity contribution in [2.24, 2.45) is 0 Å². The summed E-state index contributed by atoms with van der Waals surface area (Å²) in [5.41, 5.74) is 0.269. The Labute approximate surface area is 96.4 Å². The summed E-state index contributed by atoms with van der Waals surface area (Å²) < 4.78 is 12.8. The molecule has 0 spiro atoms. The Kier molecular flexibility index (Phi) is 4.20. The highest BCUT2D eigenvalue weighted by Crippen LogP contribution is 2.07. The molecule has 1 aromatic heterocycles. The summed E-state index contributed by atoms with van der Waals surface area (Å²) in [6.45, 7) is 2.50. The van der Waals surface area contributed by atoms with Crippen LogP contribution in [0.1, 0.15) is 17.3 Å². The van der Waals surface area contributed by atoms with Crippen LogP contribution in [-0.2, 0) is 0 Å². The predicted molar refractivity (Wildman–Crippen MR) is 59.5 cm³/mol. The Balaban J connectivity index is 2.76. The van der Waals surface area contributed by atoms with Crippen molar-refractivity contribution in [2.45, 2.75) is 11.8 Å². The van der Waals surface area contributed by atoms with Gasteiger partial charge in [0.25, 0.3) is 5.91 Å². The molecule has 1 amide bonds. The third-order valence-electron chi connectivity index (χ3n) is 1.82. The molecule has 0 fully saturated rings. The highest BCUT2D eigenvalue weighted by molar-refractivity contribution is 9.09. The SMILES string of the molecule is CC(Br)CN(C)C(=O)c1cncc(F)c1. The van der Waals surface area contributed by atoms with Gasteiger partial charge in [-0.3, -0.25) is 9.78 Å². The molecule has 3 nitrogen and oxygen atoms in total. The van der Waals surface area contributed by atoms with Crippen LogP contribution in [0.3, 0.4) is 0 Å². The zero-order valence-electron chi connectivity index (χ0n) is 8.58. The van der Waals surface area contributed by atoms with E-state index in [-0.39, 0.29) is 16.3 Å². The van der Waals surface area contributed by atoms with E-state index in [0.29, 0.717) is 6.54 Å². The average Bonchev–Trinajstić information content (AvgIpc) is 2.15. The number of nitrogens with zero attached hydrogens (tertiary/aromatic N) is 2. The lowest BCUT2D eigenvalue weighted by molar-refractivity contribution is 0.0796. The van der Waals surface area contributed by atoms with Gasteiger partial charge in [0, 0.05) is 24.6 Å².